The fourth-order valence-corrected chi connectivity index (χ4v) is 3.44. The minimum Gasteiger partial charge on any atom is -0.452 e. The molecule has 2 rings (SSSR count). The van der Waals surface area contributed by atoms with Crippen LogP contribution in [0.15, 0.2) is 47.4 Å². The number of hydrogen-bond donors (Lipinski definition) is 2. The molecule has 0 heterocycles. The second-order valence-electron chi connectivity index (χ2n) is 6.42. The van der Waals surface area contributed by atoms with Gasteiger partial charge in [-0.05, 0) is 49.2 Å². The van der Waals surface area contributed by atoms with Gasteiger partial charge < -0.3 is 10.1 Å². The van der Waals surface area contributed by atoms with E-state index in [1.165, 1.54) is 19.1 Å². The van der Waals surface area contributed by atoms with Gasteiger partial charge in [0.15, 0.2) is 6.61 Å². The first-order valence-electron chi connectivity index (χ1n) is 8.58. The molecule has 162 valence electrons. The molecular formula is C19H19F3N2O5S. The highest BCUT2D eigenvalue weighted by Crippen LogP contribution is 2.20. The van der Waals surface area contributed by atoms with Gasteiger partial charge in [0.1, 0.15) is 6.54 Å². The Hall–Kier alpha value is -3.08. The average Bonchev–Trinajstić information content (AvgIpc) is 2.63. The standard InChI is InChI=1S/C19H19F3N2O5S/c1-12-4-3-5-14(8-12)24-30(27,28)15-7-6-13(2)16(9-15)18(26)29-10-17(25)23-11-19(20,21)22/h3-9,24H,10-11H2,1-2H3,(H,23,25). The van der Waals surface area contributed by atoms with E-state index in [2.05, 4.69) is 4.72 Å². The number of ether oxygens (including phenoxy) is 1. The van der Waals surface area contributed by atoms with Crippen LogP contribution in [0, 0.1) is 13.8 Å². The van der Waals surface area contributed by atoms with E-state index >= 15 is 0 Å². The Morgan fingerprint density at radius 1 is 1.07 bits per heavy atom. The molecule has 0 saturated carbocycles. The summed E-state index contributed by atoms with van der Waals surface area (Å²) < 4.78 is 68.6. The number of sulfonamides is 1. The largest absolute Gasteiger partial charge is 0.452 e. The predicted molar refractivity (Wildman–Crippen MR) is 103 cm³/mol. The molecule has 0 radical (unpaired) electrons. The third-order valence-electron chi connectivity index (χ3n) is 3.83. The number of anilines is 1. The summed E-state index contributed by atoms with van der Waals surface area (Å²) in [4.78, 5) is 23.4. The average molecular weight is 444 g/mol. The number of rotatable bonds is 7. The van der Waals surface area contributed by atoms with Crippen LogP contribution in [0.5, 0.6) is 0 Å². The molecule has 1 amide bonds. The van der Waals surface area contributed by atoms with Crippen LogP contribution in [-0.4, -0.2) is 39.6 Å². The van der Waals surface area contributed by atoms with E-state index in [-0.39, 0.29) is 10.5 Å². The van der Waals surface area contributed by atoms with Crippen LogP contribution in [0.4, 0.5) is 18.9 Å². The molecule has 0 unspecified atom stereocenters. The number of hydrogen-bond acceptors (Lipinski definition) is 5. The fraction of sp³-hybridized carbons (Fsp3) is 0.263. The first-order chi connectivity index (χ1) is 13.9. The van der Waals surface area contributed by atoms with Crippen molar-refractivity contribution in [2.75, 3.05) is 17.9 Å². The molecule has 11 heteroatoms. The van der Waals surface area contributed by atoms with Gasteiger partial charge in [0.25, 0.3) is 15.9 Å². The summed E-state index contributed by atoms with van der Waals surface area (Å²) in [6.07, 6.45) is -4.59. The van der Waals surface area contributed by atoms with Crippen molar-refractivity contribution in [3.63, 3.8) is 0 Å². The van der Waals surface area contributed by atoms with Crippen LogP contribution >= 0.6 is 0 Å². The molecule has 0 aliphatic heterocycles. The highest BCUT2D eigenvalue weighted by Gasteiger charge is 2.28. The normalized spacial score (nSPS) is 11.6. The van der Waals surface area contributed by atoms with Crippen molar-refractivity contribution in [1.82, 2.24) is 5.32 Å². The monoisotopic (exact) mass is 444 g/mol. The Labute approximate surface area is 171 Å². The van der Waals surface area contributed by atoms with Gasteiger partial charge in [-0.2, -0.15) is 13.2 Å². The minimum atomic E-state index is -4.59. The number of carbonyl (C=O) groups is 2. The van der Waals surface area contributed by atoms with Crippen LogP contribution in [0.3, 0.4) is 0 Å². The molecule has 7 nitrogen and oxygen atoms in total. The molecule has 0 aliphatic carbocycles. The van der Waals surface area contributed by atoms with Gasteiger partial charge in [-0.3, -0.25) is 9.52 Å². The maximum Gasteiger partial charge on any atom is 0.405 e. The lowest BCUT2D eigenvalue weighted by atomic mass is 10.1. The Balaban J connectivity index is 2.12. The van der Waals surface area contributed by atoms with Crippen molar-refractivity contribution in [3.05, 3.63) is 59.2 Å². The number of amides is 1. The molecule has 0 spiro atoms. The van der Waals surface area contributed by atoms with Crippen molar-refractivity contribution in [2.24, 2.45) is 0 Å². The van der Waals surface area contributed by atoms with E-state index in [4.69, 9.17) is 4.74 Å². The minimum absolute atomic E-state index is 0.134. The third kappa shape index (κ3) is 6.76. The second-order valence-corrected chi connectivity index (χ2v) is 8.10. The highest BCUT2D eigenvalue weighted by atomic mass is 32.2. The van der Waals surface area contributed by atoms with Crippen molar-refractivity contribution in [2.45, 2.75) is 24.9 Å². The van der Waals surface area contributed by atoms with Crippen LogP contribution in [0.2, 0.25) is 0 Å². The SMILES string of the molecule is Cc1cccc(NS(=O)(=O)c2ccc(C)c(C(=O)OCC(=O)NCC(F)(F)F)c2)c1. The molecule has 0 fully saturated rings. The summed E-state index contributed by atoms with van der Waals surface area (Å²) in [5.74, 6) is -2.18. The summed E-state index contributed by atoms with van der Waals surface area (Å²) in [5, 5.41) is 1.56. The van der Waals surface area contributed by atoms with E-state index < -0.39 is 41.2 Å². The summed E-state index contributed by atoms with van der Waals surface area (Å²) in [5.41, 5.74) is 1.41. The molecular weight excluding hydrogens is 425 g/mol. The van der Waals surface area contributed by atoms with Gasteiger partial charge >= 0.3 is 12.1 Å². The maximum absolute atomic E-state index is 12.6. The van der Waals surface area contributed by atoms with Gasteiger partial charge in [-0.1, -0.05) is 18.2 Å². The van der Waals surface area contributed by atoms with Crippen molar-refractivity contribution >= 4 is 27.6 Å². The van der Waals surface area contributed by atoms with E-state index in [1.807, 2.05) is 0 Å². The lowest BCUT2D eigenvalue weighted by molar-refractivity contribution is -0.140. The van der Waals surface area contributed by atoms with Gasteiger partial charge in [-0.25, -0.2) is 13.2 Å². The maximum atomic E-state index is 12.6. The molecule has 0 aliphatic rings. The number of halogens is 3. The van der Waals surface area contributed by atoms with Crippen molar-refractivity contribution in [1.29, 1.82) is 0 Å². The predicted octanol–water partition coefficient (Wildman–Crippen LogP) is 2.94. The topological polar surface area (TPSA) is 102 Å². The zero-order chi connectivity index (χ0) is 22.5. The number of benzene rings is 2. The lowest BCUT2D eigenvalue weighted by Crippen LogP contribution is -2.36. The summed E-state index contributed by atoms with van der Waals surface area (Å²) in [6, 6.07) is 10.4. The number of aryl methyl sites for hydroxylation is 2. The third-order valence-corrected chi connectivity index (χ3v) is 5.21. The zero-order valence-electron chi connectivity index (χ0n) is 16.0. The second kappa shape index (κ2) is 9.16. The first kappa shape index (κ1) is 23.2. The molecule has 0 atom stereocenters. The number of nitrogens with one attached hydrogen (secondary N) is 2. The smallest absolute Gasteiger partial charge is 0.405 e. The summed E-state index contributed by atoms with van der Waals surface area (Å²) in [7, 11) is -4.02. The molecule has 0 bridgehead atoms. The first-order valence-corrected chi connectivity index (χ1v) is 10.1. The van der Waals surface area contributed by atoms with Crippen LogP contribution in [0.1, 0.15) is 21.5 Å². The molecule has 2 aromatic carbocycles. The van der Waals surface area contributed by atoms with Gasteiger partial charge in [0, 0.05) is 5.69 Å². The van der Waals surface area contributed by atoms with Crippen LogP contribution in [-0.2, 0) is 19.6 Å². The van der Waals surface area contributed by atoms with E-state index in [0.717, 1.165) is 11.6 Å². The van der Waals surface area contributed by atoms with Crippen LogP contribution < -0.4 is 10.0 Å². The molecule has 0 saturated heterocycles. The molecule has 2 N–H and O–H groups in total. The van der Waals surface area contributed by atoms with Crippen molar-refractivity contribution in [3.8, 4) is 0 Å². The Morgan fingerprint density at radius 3 is 2.40 bits per heavy atom. The van der Waals surface area contributed by atoms with E-state index in [0.29, 0.717) is 11.3 Å². The Bertz CT molecular complexity index is 1050. The van der Waals surface area contributed by atoms with Crippen molar-refractivity contribution < 1.29 is 35.9 Å². The fourth-order valence-electron chi connectivity index (χ4n) is 2.37. The van der Waals surface area contributed by atoms with Gasteiger partial charge in [0.05, 0.1) is 10.5 Å². The summed E-state index contributed by atoms with van der Waals surface area (Å²) in [6.45, 7) is 0.820. The van der Waals surface area contributed by atoms with Crippen LogP contribution in [0.25, 0.3) is 0 Å². The number of carbonyl (C=O) groups excluding carboxylic acids is 2. The molecule has 2 aromatic rings. The van der Waals surface area contributed by atoms with Gasteiger partial charge in [-0.15, -0.1) is 0 Å². The number of esters is 1. The Kier molecular flexibility index (Phi) is 7.08. The van der Waals surface area contributed by atoms with E-state index in [9.17, 15) is 31.2 Å². The highest BCUT2D eigenvalue weighted by molar-refractivity contribution is 7.92. The summed E-state index contributed by atoms with van der Waals surface area (Å²) >= 11 is 0. The lowest BCUT2D eigenvalue weighted by Gasteiger charge is -2.12. The zero-order valence-corrected chi connectivity index (χ0v) is 16.9. The van der Waals surface area contributed by atoms with Gasteiger partial charge in [0.2, 0.25) is 0 Å². The molecule has 0 aromatic heterocycles. The molecule has 30 heavy (non-hydrogen) atoms. The number of alkyl halides is 3. The quantitative estimate of drug-likeness (QED) is 0.640. The van der Waals surface area contributed by atoms with E-state index in [1.54, 1.807) is 36.5 Å². The Morgan fingerprint density at radius 2 is 1.77 bits per heavy atom.